The molecule has 172 valence electrons. The molecule has 0 saturated heterocycles. The number of allylic oxidation sites excluding steroid dienone is 4. The third kappa shape index (κ3) is 4.38. The monoisotopic (exact) mass is 462 g/mol. The van der Waals surface area contributed by atoms with Crippen molar-refractivity contribution >= 4 is 21.9 Å². The molecule has 2 nitrogen and oxygen atoms in total. The van der Waals surface area contributed by atoms with Gasteiger partial charge in [-0.25, -0.2) is 4.98 Å². The predicted octanol–water partition coefficient (Wildman–Crippen LogP) is 7.81. The zero-order chi connectivity index (χ0) is 24.2. The minimum Gasteiger partial charge on any atom is -0.256 e. The van der Waals surface area contributed by atoms with Gasteiger partial charge in [0.1, 0.15) is 11.4 Å². The van der Waals surface area contributed by atoms with Gasteiger partial charge in [-0.2, -0.15) is 26.3 Å². The molecule has 0 fully saturated rings. The van der Waals surface area contributed by atoms with Crippen LogP contribution in [0, 0.1) is 11.3 Å². The van der Waals surface area contributed by atoms with Crippen molar-refractivity contribution in [1.29, 1.82) is 0 Å². The summed E-state index contributed by atoms with van der Waals surface area (Å²) in [5.41, 5.74) is -2.18. The molecule has 2 heterocycles. The minimum absolute atomic E-state index is 0.183. The normalized spacial score (nSPS) is 18.8. The summed E-state index contributed by atoms with van der Waals surface area (Å²) in [6, 6.07) is 10.8. The third-order valence-electron chi connectivity index (χ3n) is 6.21. The lowest BCUT2D eigenvalue weighted by Crippen LogP contribution is -2.25. The highest BCUT2D eigenvalue weighted by Crippen LogP contribution is 2.47. The lowest BCUT2D eigenvalue weighted by molar-refractivity contribution is -0.150. The van der Waals surface area contributed by atoms with E-state index in [4.69, 9.17) is 0 Å². The molecule has 2 aromatic heterocycles. The molecule has 1 unspecified atom stereocenters. The Balaban J connectivity index is 1.90. The summed E-state index contributed by atoms with van der Waals surface area (Å²) in [6.07, 6.45) is -4.99. The van der Waals surface area contributed by atoms with Gasteiger partial charge in [-0.3, -0.25) is 4.98 Å². The first-order valence-corrected chi connectivity index (χ1v) is 10.2. The maximum atomic E-state index is 13.3. The van der Waals surface area contributed by atoms with Crippen molar-refractivity contribution in [3.05, 3.63) is 83.5 Å². The molecule has 1 aliphatic carbocycles. The SMILES string of the molecule is CC1C=C(c2cc(C(F)(F)F)nc(C(F)(F)F)c2)C=C(c2cc3ccccc3cn2)C1(C)C. The van der Waals surface area contributed by atoms with Crippen LogP contribution in [-0.2, 0) is 12.4 Å². The Morgan fingerprint density at radius 3 is 2.00 bits per heavy atom. The molecule has 3 aromatic rings. The average Bonchev–Trinajstić information content (AvgIpc) is 2.73. The highest BCUT2D eigenvalue weighted by Gasteiger charge is 2.40. The number of pyridine rings is 2. The first kappa shape index (κ1) is 23.0. The predicted molar refractivity (Wildman–Crippen MR) is 115 cm³/mol. The highest BCUT2D eigenvalue weighted by atomic mass is 19.4. The molecular formula is C25H20F6N2. The van der Waals surface area contributed by atoms with Crippen LogP contribution in [0.15, 0.2) is 60.8 Å². The molecule has 0 aliphatic heterocycles. The maximum Gasteiger partial charge on any atom is 0.433 e. The van der Waals surface area contributed by atoms with Crippen molar-refractivity contribution in [2.45, 2.75) is 33.1 Å². The number of nitrogens with zero attached hydrogens (tertiary/aromatic N) is 2. The van der Waals surface area contributed by atoms with Crippen LogP contribution in [0.1, 0.15) is 43.4 Å². The van der Waals surface area contributed by atoms with Gasteiger partial charge >= 0.3 is 12.4 Å². The molecule has 1 aromatic carbocycles. The Labute approximate surface area is 186 Å². The Kier molecular flexibility index (Phi) is 5.38. The molecular weight excluding hydrogens is 442 g/mol. The Morgan fingerprint density at radius 2 is 1.42 bits per heavy atom. The van der Waals surface area contributed by atoms with E-state index in [9.17, 15) is 26.3 Å². The zero-order valence-electron chi connectivity index (χ0n) is 18.0. The zero-order valence-corrected chi connectivity index (χ0v) is 18.0. The van der Waals surface area contributed by atoms with E-state index in [1.165, 1.54) is 0 Å². The highest BCUT2D eigenvalue weighted by molar-refractivity contribution is 5.90. The van der Waals surface area contributed by atoms with E-state index >= 15 is 0 Å². The van der Waals surface area contributed by atoms with E-state index in [1.807, 2.05) is 51.1 Å². The van der Waals surface area contributed by atoms with Crippen LogP contribution in [0.3, 0.4) is 0 Å². The van der Waals surface area contributed by atoms with Crippen molar-refractivity contribution in [3.63, 3.8) is 0 Å². The molecule has 0 saturated carbocycles. The summed E-state index contributed by atoms with van der Waals surface area (Å²) in [5.74, 6) is -0.183. The summed E-state index contributed by atoms with van der Waals surface area (Å²) in [7, 11) is 0. The van der Waals surface area contributed by atoms with E-state index in [0.29, 0.717) is 17.8 Å². The van der Waals surface area contributed by atoms with Crippen LogP contribution in [0.5, 0.6) is 0 Å². The number of rotatable bonds is 2. The van der Waals surface area contributed by atoms with Crippen molar-refractivity contribution in [2.24, 2.45) is 11.3 Å². The molecule has 0 bridgehead atoms. The quantitative estimate of drug-likeness (QED) is 0.363. The lowest BCUT2D eigenvalue weighted by atomic mass is 9.68. The van der Waals surface area contributed by atoms with Gasteiger partial charge in [-0.1, -0.05) is 51.1 Å². The number of alkyl halides is 6. The number of hydrogen-bond acceptors (Lipinski definition) is 2. The van der Waals surface area contributed by atoms with Gasteiger partial charge in [0.25, 0.3) is 0 Å². The number of aromatic nitrogens is 2. The molecule has 0 radical (unpaired) electrons. The fourth-order valence-electron chi connectivity index (χ4n) is 3.91. The maximum absolute atomic E-state index is 13.3. The van der Waals surface area contributed by atoms with Gasteiger partial charge in [0, 0.05) is 11.6 Å². The second kappa shape index (κ2) is 7.71. The van der Waals surface area contributed by atoms with E-state index in [0.717, 1.165) is 16.3 Å². The summed E-state index contributed by atoms with van der Waals surface area (Å²) in [5, 5.41) is 1.86. The van der Waals surface area contributed by atoms with E-state index in [2.05, 4.69) is 9.97 Å². The van der Waals surface area contributed by atoms with E-state index in [1.54, 1.807) is 18.3 Å². The van der Waals surface area contributed by atoms with E-state index in [-0.39, 0.29) is 17.1 Å². The van der Waals surface area contributed by atoms with Crippen LogP contribution in [0.25, 0.3) is 21.9 Å². The molecule has 0 spiro atoms. The standard InChI is InChI=1S/C25H20F6N2/c1-14-8-17(18-11-21(24(26,27)28)33-22(12-18)25(29,30)31)9-19(23(14,2)3)20-10-15-6-4-5-7-16(15)13-32-20/h4-14H,1-3H3. The van der Waals surface area contributed by atoms with Gasteiger partial charge in [0.15, 0.2) is 0 Å². The van der Waals surface area contributed by atoms with Crippen molar-refractivity contribution in [1.82, 2.24) is 9.97 Å². The second-order valence-electron chi connectivity index (χ2n) is 8.73. The third-order valence-corrected chi connectivity index (χ3v) is 6.21. The van der Waals surface area contributed by atoms with Gasteiger partial charge < -0.3 is 0 Å². The van der Waals surface area contributed by atoms with Crippen molar-refractivity contribution < 1.29 is 26.3 Å². The Hall–Kier alpha value is -3.16. The Morgan fingerprint density at radius 1 is 0.848 bits per heavy atom. The van der Waals surface area contributed by atoms with Crippen LogP contribution < -0.4 is 0 Å². The van der Waals surface area contributed by atoms with Gasteiger partial charge in [0.2, 0.25) is 0 Å². The average molecular weight is 462 g/mol. The molecule has 1 aliphatic rings. The second-order valence-corrected chi connectivity index (χ2v) is 8.73. The van der Waals surface area contributed by atoms with Crippen LogP contribution >= 0.6 is 0 Å². The van der Waals surface area contributed by atoms with Crippen LogP contribution in [0.2, 0.25) is 0 Å². The number of fused-ring (bicyclic) bond motifs is 1. The fourth-order valence-corrected chi connectivity index (χ4v) is 3.91. The molecule has 8 heteroatoms. The van der Waals surface area contributed by atoms with Gasteiger partial charge in [0.05, 0.1) is 5.69 Å². The first-order valence-electron chi connectivity index (χ1n) is 10.2. The molecule has 0 N–H and O–H groups in total. The summed E-state index contributed by atoms with van der Waals surface area (Å²) in [6.45, 7) is 5.83. The smallest absolute Gasteiger partial charge is 0.256 e. The van der Waals surface area contributed by atoms with Crippen LogP contribution in [-0.4, -0.2) is 9.97 Å². The largest absolute Gasteiger partial charge is 0.433 e. The van der Waals surface area contributed by atoms with Gasteiger partial charge in [-0.15, -0.1) is 0 Å². The van der Waals surface area contributed by atoms with Crippen molar-refractivity contribution in [3.8, 4) is 0 Å². The number of benzene rings is 1. The van der Waals surface area contributed by atoms with Crippen molar-refractivity contribution in [2.75, 3.05) is 0 Å². The lowest BCUT2D eigenvalue weighted by Gasteiger charge is -2.36. The summed E-state index contributed by atoms with van der Waals surface area (Å²) >= 11 is 0. The molecule has 0 amide bonds. The minimum atomic E-state index is -5.01. The first-order chi connectivity index (χ1) is 15.3. The molecule has 1 atom stereocenters. The van der Waals surface area contributed by atoms with Crippen LogP contribution in [0.4, 0.5) is 26.3 Å². The summed E-state index contributed by atoms with van der Waals surface area (Å²) in [4.78, 5) is 7.35. The number of halogens is 6. The molecule has 4 rings (SSSR count). The molecule has 33 heavy (non-hydrogen) atoms. The Bertz CT molecular complexity index is 1250. The number of hydrogen-bond donors (Lipinski definition) is 0. The summed E-state index contributed by atoms with van der Waals surface area (Å²) < 4.78 is 79.9. The topological polar surface area (TPSA) is 25.8 Å². The fraction of sp³-hybridized carbons (Fsp3) is 0.280. The van der Waals surface area contributed by atoms with E-state index < -0.39 is 29.2 Å². The van der Waals surface area contributed by atoms with Gasteiger partial charge in [-0.05, 0) is 57.7 Å².